The van der Waals surface area contributed by atoms with Crippen molar-refractivity contribution in [2.75, 3.05) is 19.6 Å². The van der Waals surface area contributed by atoms with Gasteiger partial charge in [-0.1, -0.05) is 42.7 Å². The van der Waals surface area contributed by atoms with Gasteiger partial charge >= 0.3 is 0 Å². The minimum absolute atomic E-state index is 0. The van der Waals surface area contributed by atoms with Gasteiger partial charge in [0.15, 0.2) is 11.8 Å². The zero-order valence-electron chi connectivity index (χ0n) is 16.7. The number of guanidine groups is 1. The highest BCUT2D eigenvalue weighted by molar-refractivity contribution is 14.0. The van der Waals surface area contributed by atoms with Crippen LogP contribution in [0.1, 0.15) is 56.8 Å². The number of hydrogen-bond donors (Lipinski definition) is 2. The Morgan fingerprint density at radius 2 is 2.11 bits per heavy atom. The summed E-state index contributed by atoms with van der Waals surface area (Å²) in [4.78, 5) is 9.21. The van der Waals surface area contributed by atoms with E-state index in [9.17, 15) is 0 Å². The van der Waals surface area contributed by atoms with Gasteiger partial charge in [0.1, 0.15) is 0 Å². The normalized spacial score (nSPS) is 15.2. The van der Waals surface area contributed by atoms with Gasteiger partial charge in [-0.3, -0.25) is 4.99 Å². The predicted molar refractivity (Wildman–Crippen MR) is 124 cm³/mol. The van der Waals surface area contributed by atoms with Crippen LogP contribution >= 0.6 is 35.6 Å². The highest BCUT2D eigenvalue weighted by Crippen LogP contribution is 2.48. The zero-order chi connectivity index (χ0) is 19.3. The van der Waals surface area contributed by atoms with Gasteiger partial charge in [-0.05, 0) is 37.5 Å². The first-order valence-electron chi connectivity index (χ1n) is 9.63. The average molecular weight is 518 g/mol. The zero-order valence-corrected chi connectivity index (χ0v) is 19.8. The number of nitrogens with zero attached hydrogens (tertiary/aromatic N) is 3. The van der Waals surface area contributed by atoms with Gasteiger partial charge in [-0.2, -0.15) is 4.98 Å². The van der Waals surface area contributed by atoms with Gasteiger partial charge < -0.3 is 15.2 Å². The van der Waals surface area contributed by atoms with Crippen LogP contribution in [-0.2, 0) is 11.8 Å². The van der Waals surface area contributed by atoms with Crippen LogP contribution < -0.4 is 10.6 Å². The van der Waals surface area contributed by atoms with Crippen molar-refractivity contribution in [1.29, 1.82) is 0 Å². The third-order valence-corrected chi connectivity index (χ3v) is 5.04. The lowest BCUT2D eigenvalue weighted by Crippen LogP contribution is -2.39. The molecule has 0 amide bonds. The maximum atomic E-state index is 6.16. The van der Waals surface area contributed by atoms with Crippen LogP contribution in [0.25, 0.3) is 0 Å². The fraction of sp³-hybridized carbons (Fsp3) is 0.550. The van der Waals surface area contributed by atoms with Crippen molar-refractivity contribution in [2.24, 2.45) is 4.99 Å². The van der Waals surface area contributed by atoms with Crippen molar-refractivity contribution in [3.05, 3.63) is 46.6 Å². The van der Waals surface area contributed by atoms with E-state index in [1.165, 1.54) is 5.56 Å². The van der Waals surface area contributed by atoms with Crippen LogP contribution in [-0.4, -0.2) is 35.7 Å². The molecule has 0 unspecified atom stereocenters. The molecule has 154 valence electrons. The van der Waals surface area contributed by atoms with Crippen LogP contribution in [0.15, 0.2) is 33.8 Å². The van der Waals surface area contributed by atoms with Crippen LogP contribution in [0.5, 0.6) is 0 Å². The molecule has 1 heterocycles. The third kappa shape index (κ3) is 6.07. The molecule has 28 heavy (non-hydrogen) atoms. The monoisotopic (exact) mass is 517 g/mol. The number of nitrogens with one attached hydrogen (secondary N) is 2. The molecule has 0 radical (unpaired) electrons. The summed E-state index contributed by atoms with van der Waals surface area (Å²) in [5.74, 6) is 2.49. The number of aromatic nitrogens is 2. The first kappa shape index (κ1) is 22.9. The maximum absolute atomic E-state index is 6.16. The van der Waals surface area contributed by atoms with Crippen molar-refractivity contribution < 1.29 is 4.52 Å². The van der Waals surface area contributed by atoms with Gasteiger partial charge in [-0.25, -0.2) is 0 Å². The lowest BCUT2D eigenvalue weighted by Gasteiger charge is -2.16. The Bertz CT molecular complexity index is 788. The SMILES string of the molecule is CCNC(=NCC1(c2cccc(Cl)c2)CC1)NCCc1nc(C(C)C)no1.I. The molecule has 0 saturated heterocycles. The fourth-order valence-electron chi connectivity index (χ4n) is 2.97. The van der Waals surface area contributed by atoms with Crippen LogP contribution in [0.3, 0.4) is 0 Å². The van der Waals surface area contributed by atoms with Crippen molar-refractivity contribution in [3.8, 4) is 0 Å². The second-order valence-electron chi connectivity index (χ2n) is 7.36. The van der Waals surface area contributed by atoms with E-state index in [-0.39, 0.29) is 35.3 Å². The van der Waals surface area contributed by atoms with E-state index >= 15 is 0 Å². The number of hydrogen-bond acceptors (Lipinski definition) is 4. The van der Waals surface area contributed by atoms with Crippen LogP contribution in [0.4, 0.5) is 0 Å². The molecule has 2 N–H and O–H groups in total. The summed E-state index contributed by atoms with van der Waals surface area (Å²) >= 11 is 6.16. The quantitative estimate of drug-likeness (QED) is 0.310. The lowest BCUT2D eigenvalue weighted by atomic mass is 9.96. The van der Waals surface area contributed by atoms with Gasteiger partial charge in [0.25, 0.3) is 0 Å². The number of halogens is 2. The smallest absolute Gasteiger partial charge is 0.228 e. The van der Waals surface area contributed by atoms with Crippen molar-refractivity contribution in [3.63, 3.8) is 0 Å². The molecule has 3 rings (SSSR count). The number of aliphatic imine (C=N–C) groups is 1. The molecule has 8 heteroatoms. The maximum Gasteiger partial charge on any atom is 0.228 e. The number of benzene rings is 1. The molecule has 1 fully saturated rings. The lowest BCUT2D eigenvalue weighted by molar-refractivity contribution is 0.371. The van der Waals surface area contributed by atoms with E-state index < -0.39 is 0 Å². The van der Waals surface area contributed by atoms with Gasteiger partial charge in [0.2, 0.25) is 5.89 Å². The molecule has 1 aliphatic rings. The summed E-state index contributed by atoms with van der Waals surface area (Å²) in [6.07, 6.45) is 2.97. The molecule has 1 aromatic heterocycles. The number of rotatable bonds is 8. The topological polar surface area (TPSA) is 75.3 Å². The van der Waals surface area contributed by atoms with Gasteiger partial charge in [-0.15, -0.1) is 24.0 Å². The second kappa shape index (κ2) is 10.4. The Kier molecular flexibility index (Phi) is 8.55. The van der Waals surface area contributed by atoms with Crippen LogP contribution in [0.2, 0.25) is 5.02 Å². The molecule has 1 saturated carbocycles. The largest absolute Gasteiger partial charge is 0.357 e. The molecular weight excluding hydrogens is 489 g/mol. The van der Waals surface area contributed by atoms with E-state index in [0.717, 1.165) is 42.7 Å². The predicted octanol–water partition coefficient (Wildman–Crippen LogP) is 4.29. The minimum atomic E-state index is 0. The van der Waals surface area contributed by atoms with E-state index in [4.69, 9.17) is 21.1 Å². The molecule has 1 aliphatic carbocycles. The van der Waals surface area contributed by atoms with Crippen molar-refractivity contribution in [2.45, 2.75) is 51.4 Å². The molecule has 2 aromatic rings. The van der Waals surface area contributed by atoms with Crippen molar-refractivity contribution in [1.82, 2.24) is 20.8 Å². The van der Waals surface area contributed by atoms with Crippen LogP contribution in [0, 0.1) is 0 Å². The summed E-state index contributed by atoms with van der Waals surface area (Å²) in [7, 11) is 0. The highest BCUT2D eigenvalue weighted by atomic mass is 127. The molecule has 0 aliphatic heterocycles. The Hall–Kier alpha value is -1.35. The van der Waals surface area contributed by atoms with Gasteiger partial charge in [0.05, 0.1) is 6.54 Å². The van der Waals surface area contributed by atoms with Gasteiger partial charge in [0, 0.05) is 35.9 Å². The first-order chi connectivity index (χ1) is 13.0. The van der Waals surface area contributed by atoms with E-state index in [1.807, 2.05) is 12.1 Å². The van der Waals surface area contributed by atoms with E-state index in [1.54, 1.807) is 0 Å². The third-order valence-electron chi connectivity index (χ3n) is 4.81. The molecule has 0 spiro atoms. The Morgan fingerprint density at radius 1 is 1.32 bits per heavy atom. The van der Waals surface area contributed by atoms with E-state index in [0.29, 0.717) is 18.9 Å². The average Bonchev–Trinajstić information content (AvgIpc) is 3.29. The Balaban J connectivity index is 0.00000280. The molecule has 1 aromatic carbocycles. The summed E-state index contributed by atoms with van der Waals surface area (Å²) in [5, 5.41) is 11.4. The Labute approximate surface area is 188 Å². The highest BCUT2D eigenvalue weighted by Gasteiger charge is 2.44. The molecule has 6 nitrogen and oxygen atoms in total. The second-order valence-corrected chi connectivity index (χ2v) is 7.80. The van der Waals surface area contributed by atoms with Crippen molar-refractivity contribution >= 4 is 41.5 Å². The summed E-state index contributed by atoms with van der Waals surface area (Å²) in [5.41, 5.74) is 1.41. The minimum Gasteiger partial charge on any atom is -0.357 e. The summed E-state index contributed by atoms with van der Waals surface area (Å²) in [6.45, 7) is 8.42. The Morgan fingerprint density at radius 3 is 2.71 bits per heavy atom. The summed E-state index contributed by atoms with van der Waals surface area (Å²) < 4.78 is 5.29. The van der Waals surface area contributed by atoms with E-state index in [2.05, 4.69) is 53.7 Å². The standard InChI is InChI=1S/C20H28ClN5O.HI/c1-4-22-19(23-11-8-17-25-18(14(2)3)26-27-17)24-13-20(9-10-20)15-6-5-7-16(21)12-15;/h5-7,12,14H,4,8-11,13H2,1-3H3,(H2,22,23,24);1H. The first-order valence-corrected chi connectivity index (χ1v) is 10.0. The molecular formula is C20H29ClIN5O. The summed E-state index contributed by atoms with van der Waals surface area (Å²) in [6, 6.07) is 8.14. The molecule has 0 bridgehead atoms. The fourth-order valence-corrected chi connectivity index (χ4v) is 3.16. The molecule has 0 atom stereocenters.